The number of hydrogen-bond acceptors (Lipinski definition) is 4. The molecule has 0 aliphatic carbocycles. The molecule has 0 radical (unpaired) electrons. The molecule has 0 unspecified atom stereocenters. The van der Waals surface area contributed by atoms with Crippen LogP contribution in [0.1, 0.15) is 12.8 Å². The molecule has 1 aliphatic heterocycles. The molecule has 0 aromatic heterocycles. The molecule has 1 saturated heterocycles. The van der Waals surface area contributed by atoms with Crippen LogP contribution in [0.4, 0.5) is 8.78 Å². The number of thioether (sulfide) groups is 1. The van der Waals surface area contributed by atoms with Crippen molar-refractivity contribution in [3.05, 3.63) is 60.2 Å². The molecule has 1 heterocycles. The second-order valence-corrected chi connectivity index (χ2v) is 9.42. The van der Waals surface area contributed by atoms with Crippen molar-refractivity contribution < 1.29 is 21.9 Å². The van der Waals surface area contributed by atoms with Gasteiger partial charge in [-0.2, -0.15) is 0 Å². The van der Waals surface area contributed by atoms with E-state index in [4.69, 9.17) is 4.74 Å². The highest BCUT2D eigenvalue weighted by molar-refractivity contribution is 8.00. The Bertz CT molecular complexity index is 854. The van der Waals surface area contributed by atoms with Gasteiger partial charge in [0, 0.05) is 29.4 Å². The minimum absolute atomic E-state index is 0.178. The lowest BCUT2D eigenvalue weighted by molar-refractivity contribution is 0.0784. The van der Waals surface area contributed by atoms with Crippen molar-refractivity contribution >= 4 is 21.8 Å². The third-order valence-corrected chi connectivity index (χ3v) is 7.16. The van der Waals surface area contributed by atoms with Crippen molar-refractivity contribution in [2.24, 2.45) is 0 Å². The van der Waals surface area contributed by atoms with Crippen LogP contribution in [0, 0.1) is 11.6 Å². The number of rotatable bonds is 6. The quantitative estimate of drug-likeness (QED) is 0.807. The Balaban J connectivity index is 1.77. The van der Waals surface area contributed by atoms with Gasteiger partial charge in [0.15, 0.2) is 11.6 Å². The van der Waals surface area contributed by atoms with Crippen molar-refractivity contribution in [2.45, 2.75) is 27.4 Å². The zero-order chi connectivity index (χ0) is 18.6. The topological polar surface area (TPSA) is 55.4 Å². The first-order valence-corrected chi connectivity index (χ1v) is 10.5. The molecule has 2 aromatic rings. The standard InChI is InChI=1S/C18H19F2NO3S2/c19-16-7-6-15(12-17(16)20)26(22,23)21-13-18(8-10-24-11-9-18)25-14-4-2-1-3-5-14/h1-7,12,21H,8-11,13H2. The number of ether oxygens (including phenoxy) is 1. The first kappa shape index (κ1) is 19.3. The van der Waals surface area contributed by atoms with E-state index in [0.717, 1.165) is 17.0 Å². The molecule has 26 heavy (non-hydrogen) atoms. The molecule has 8 heteroatoms. The zero-order valence-electron chi connectivity index (χ0n) is 14.0. The molecular formula is C18H19F2NO3S2. The van der Waals surface area contributed by atoms with Gasteiger partial charge < -0.3 is 4.74 Å². The molecule has 4 nitrogen and oxygen atoms in total. The summed E-state index contributed by atoms with van der Waals surface area (Å²) in [5, 5.41) is 0. The van der Waals surface area contributed by atoms with Crippen LogP contribution in [0.5, 0.6) is 0 Å². The molecule has 0 bridgehead atoms. The molecule has 1 N–H and O–H groups in total. The molecular weight excluding hydrogens is 380 g/mol. The van der Waals surface area contributed by atoms with Gasteiger partial charge in [-0.1, -0.05) is 18.2 Å². The predicted molar refractivity (Wildman–Crippen MR) is 96.6 cm³/mol. The van der Waals surface area contributed by atoms with Gasteiger partial charge in [0.1, 0.15) is 0 Å². The molecule has 0 saturated carbocycles. The first-order chi connectivity index (χ1) is 12.4. The average molecular weight is 399 g/mol. The van der Waals surface area contributed by atoms with Crippen LogP contribution >= 0.6 is 11.8 Å². The van der Waals surface area contributed by atoms with E-state index in [1.807, 2.05) is 30.3 Å². The first-order valence-electron chi connectivity index (χ1n) is 8.17. The van der Waals surface area contributed by atoms with Crippen LogP contribution < -0.4 is 4.72 Å². The van der Waals surface area contributed by atoms with Gasteiger partial charge >= 0.3 is 0 Å². The smallest absolute Gasteiger partial charge is 0.240 e. The van der Waals surface area contributed by atoms with E-state index in [2.05, 4.69) is 4.72 Å². The molecule has 0 amide bonds. The number of halogens is 2. The summed E-state index contributed by atoms with van der Waals surface area (Å²) in [5.41, 5.74) is 0. The lowest BCUT2D eigenvalue weighted by atomic mass is 9.99. The summed E-state index contributed by atoms with van der Waals surface area (Å²) in [6.45, 7) is 1.27. The minimum atomic E-state index is -3.94. The average Bonchev–Trinajstić information content (AvgIpc) is 2.64. The Hall–Kier alpha value is -1.48. The summed E-state index contributed by atoms with van der Waals surface area (Å²) >= 11 is 1.61. The molecule has 3 rings (SSSR count). The molecule has 2 aromatic carbocycles. The third-order valence-electron chi connectivity index (χ3n) is 4.27. The molecule has 0 atom stereocenters. The Kier molecular flexibility index (Phi) is 5.96. The van der Waals surface area contributed by atoms with Gasteiger partial charge in [0.05, 0.1) is 4.90 Å². The second-order valence-electron chi connectivity index (χ2n) is 6.11. The number of benzene rings is 2. The van der Waals surface area contributed by atoms with Gasteiger partial charge in [0.25, 0.3) is 0 Å². The summed E-state index contributed by atoms with van der Waals surface area (Å²) in [6.07, 6.45) is 1.37. The van der Waals surface area contributed by atoms with Crippen molar-refractivity contribution in [3.8, 4) is 0 Å². The van der Waals surface area contributed by atoms with Crippen molar-refractivity contribution in [2.75, 3.05) is 19.8 Å². The Morgan fingerprint density at radius 1 is 1.04 bits per heavy atom. The van der Waals surface area contributed by atoms with Crippen LogP contribution in [0.25, 0.3) is 0 Å². The van der Waals surface area contributed by atoms with Crippen molar-refractivity contribution in [1.82, 2.24) is 4.72 Å². The predicted octanol–water partition coefficient (Wildman–Crippen LogP) is 3.58. The Morgan fingerprint density at radius 3 is 2.38 bits per heavy atom. The van der Waals surface area contributed by atoms with Crippen LogP contribution in [0.15, 0.2) is 58.3 Å². The van der Waals surface area contributed by atoms with E-state index >= 15 is 0 Å². The molecule has 1 fully saturated rings. The van der Waals surface area contributed by atoms with Crippen LogP contribution in [-0.4, -0.2) is 32.9 Å². The highest BCUT2D eigenvalue weighted by Crippen LogP contribution is 2.40. The molecule has 140 valence electrons. The van der Waals surface area contributed by atoms with E-state index < -0.39 is 21.7 Å². The summed E-state index contributed by atoms with van der Waals surface area (Å²) in [6, 6.07) is 12.3. The van der Waals surface area contributed by atoms with Gasteiger partial charge in [-0.3, -0.25) is 0 Å². The summed E-state index contributed by atoms with van der Waals surface area (Å²) in [4.78, 5) is 0.754. The normalized spacial score (nSPS) is 17.2. The maximum absolute atomic E-state index is 13.4. The molecule has 0 spiro atoms. The monoisotopic (exact) mass is 399 g/mol. The highest BCUT2D eigenvalue weighted by Gasteiger charge is 2.35. The lowest BCUT2D eigenvalue weighted by Crippen LogP contribution is -2.44. The fourth-order valence-electron chi connectivity index (χ4n) is 2.75. The van der Waals surface area contributed by atoms with E-state index in [-0.39, 0.29) is 16.2 Å². The van der Waals surface area contributed by atoms with Gasteiger partial charge in [-0.15, -0.1) is 11.8 Å². The highest BCUT2D eigenvalue weighted by atomic mass is 32.2. The summed E-state index contributed by atoms with van der Waals surface area (Å²) in [7, 11) is -3.94. The van der Waals surface area contributed by atoms with Gasteiger partial charge in [-0.25, -0.2) is 21.9 Å². The minimum Gasteiger partial charge on any atom is -0.381 e. The van der Waals surface area contributed by atoms with E-state index in [0.29, 0.717) is 32.1 Å². The maximum Gasteiger partial charge on any atom is 0.240 e. The Morgan fingerprint density at radius 2 is 1.73 bits per heavy atom. The van der Waals surface area contributed by atoms with E-state index in [9.17, 15) is 17.2 Å². The number of sulfonamides is 1. The van der Waals surface area contributed by atoms with Crippen LogP contribution in [0.3, 0.4) is 0 Å². The SMILES string of the molecule is O=S(=O)(NCC1(Sc2ccccc2)CCOCC1)c1ccc(F)c(F)c1. The van der Waals surface area contributed by atoms with Crippen molar-refractivity contribution in [1.29, 1.82) is 0 Å². The van der Waals surface area contributed by atoms with Crippen molar-refractivity contribution in [3.63, 3.8) is 0 Å². The van der Waals surface area contributed by atoms with Gasteiger partial charge in [-0.05, 0) is 43.2 Å². The van der Waals surface area contributed by atoms with Gasteiger partial charge in [0.2, 0.25) is 10.0 Å². The van der Waals surface area contributed by atoms with E-state index in [1.165, 1.54) is 0 Å². The van der Waals surface area contributed by atoms with E-state index in [1.54, 1.807) is 11.8 Å². The fourth-order valence-corrected chi connectivity index (χ4v) is 5.29. The third kappa shape index (κ3) is 4.62. The van der Waals surface area contributed by atoms with Crippen LogP contribution in [0.2, 0.25) is 0 Å². The second kappa shape index (κ2) is 8.04. The lowest BCUT2D eigenvalue weighted by Gasteiger charge is -2.36. The maximum atomic E-state index is 13.4. The Labute approximate surface area is 156 Å². The molecule has 1 aliphatic rings. The zero-order valence-corrected chi connectivity index (χ0v) is 15.6. The fraction of sp³-hybridized carbons (Fsp3) is 0.333. The summed E-state index contributed by atoms with van der Waals surface area (Å²) < 4.78 is 59.1. The number of nitrogens with one attached hydrogen (secondary N) is 1. The summed E-state index contributed by atoms with van der Waals surface area (Å²) in [5.74, 6) is -2.27. The largest absolute Gasteiger partial charge is 0.381 e. The number of hydrogen-bond donors (Lipinski definition) is 1. The van der Waals surface area contributed by atoms with Crippen LogP contribution in [-0.2, 0) is 14.8 Å².